The molecule has 2 aromatic rings. The second-order valence-corrected chi connectivity index (χ2v) is 5.53. The summed E-state index contributed by atoms with van der Waals surface area (Å²) in [4.78, 5) is 25.1. The monoisotopic (exact) mass is 329 g/mol. The molecule has 0 aliphatic carbocycles. The SMILES string of the molecule is CCCc1c(C(=O)N(CC)CCC(=O)O)cnn1-c1ccccc1. The third-order valence-electron chi connectivity index (χ3n) is 3.85. The highest BCUT2D eigenvalue weighted by atomic mass is 16.4. The first-order valence-corrected chi connectivity index (χ1v) is 8.21. The van der Waals surface area contributed by atoms with Crippen molar-refractivity contribution in [1.29, 1.82) is 0 Å². The topological polar surface area (TPSA) is 75.4 Å². The molecule has 1 N–H and O–H groups in total. The number of aliphatic carboxylic acids is 1. The first kappa shape index (κ1) is 17.7. The minimum absolute atomic E-state index is 0.0600. The average Bonchev–Trinajstić information content (AvgIpc) is 3.00. The van der Waals surface area contributed by atoms with Crippen LogP contribution in [0.3, 0.4) is 0 Å². The van der Waals surface area contributed by atoms with Crippen LogP contribution in [0.2, 0.25) is 0 Å². The maximum Gasteiger partial charge on any atom is 0.305 e. The second kappa shape index (κ2) is 8.29. The minimum Gasteiger partial charge on any atom is -0.481 e. The smallest absolute Gasteiger partial charge is 0.305 e. The van der Waals surface area contributed by atoms with E-state index in [1.807, 2.05) is 37.3 Å². The van der Waals surface area contributed by atoms with E-state index in [-0.39, 0.29) is 18.9 Å². The van der Waals surface area contributed by atoms with Crippen LogP contribution in [-0.4, -0.2) is 44.8 Å². The molecule has 0 aliphatic rings. The maximum atomic E-state index is 12.8. The van der Waals surface area contributed by atoms with E-state index < -0.39 is 5.97 Å². The van der Waals surface area contributed by atoms with Crippen molar-refractivity contribution in [1.82, 2.24) is 14.7 Å². The van der Waals surface area contributed by atoms with E-state index >= 15 is 0 Å². The number of hydrogen-bond acceptors (Lipinski definition) is 3. The molecule has 0 saturated heterocycles. The van der Waals surface area contributed by atoms with Crippen molar-refractivity contribution in [2.75, 3.05) is 13.1 Å². The van der Waals surface area contributed by atoms with Gasteiger partial charge in [-0.3, -0.25) is 9.59 Å². The van der Waals surface area contributed by atoms with Crippen molar-refractivity contribution < 1.29 is 14.7 Å². The molecular formula is C18H23N3O3. The summed E-state index contributed by atoms with van der Waals surface area (Å²) in [6.45, 7) is 4.57. The Kier molecular flexibility index (Phi) is 6.12. The van der Waals surface area contributed by atoms with Gasteiger partial charge in [0.05, 0.1) is 29.6 Å². The number of carboxylic acid groups (broad SMARTS) is 1. The summed E-state index contributed by atoms with van der Waals surface area (Å²) in [5.74, 6) is -1.07. The number of nitrogens with zero attached hydrogens (tertiary/aromatic N) is 3. The van der Waals surface area contributed by atoms with E-state index in [0.29, 0.717) is 12.1 Å². The van der Waals surface area contributed by atoms with Crippen molar-refractivity contribution in [3.05, 3.63) is 47.8 Å². The molecule has 1 heterocycles. The number of para-hydroxylation sites is 1. The fourth-order valence-electron chi connectivity index (χ4n) is 2.63. The van der Waals surface area contributed by atoms with Crippen LogP contribution < -0.4 is 0 Å². The first-order valence-electron chi connectivity index (χ1n) is 8.21. The van der Waals surface area contributed by atoms with Gasteiger partial charge in [-0.2, -0.15) is 5.10 Å². The van der Waals surface area contributed by atoms with Crippen LogP contribution in [0.25, 0.3) is 5.69 Å². The maximum absolute atomic E-state index is 12.8. The highest BCUT2D eigenvalue weighted by molar-refractivity contribution is 5.95. The van der Waals surface area contributed by atoms with Gasteiger partial charge in [0.25, 0.3) is 5.91 Å². The number of carbonyl (C=O) groups is 2. The van der Waals surface area contributed by atoms with Crippen molar-refractivity contribution >= 4 is 11.9 Å². The zero-order chi connectivity index (χ0) is 17.5. The molecule has 1 aromatic heterocycles. The molecule has 1 aromatic carbocycles. The van der Waals surface area contributed by atoms with E-state index in [1.54, 1.807) is 15.8 Å². The largest absolute Gasteiger partial charge is 0.481 e. The van der Waals surface area contributed by atoms with Gasteiger partial charge in [-0.15, -0.1) is 0 Å². The molecule has 1 amide bonds. The van der Waals surface area contributed by atoms with Crippen LogP contribution in [0.4, 0.5) is 0 Å². The van der Waals surface area contributed by atoms with Gasteiger partial charge >= 0.3 is 5.97 Å². The molecule has 0 aliphatic heterocycles. The number of hydrogen-bond donors (Lipinski definition) is 1. The fourth-order valence-corrected chi connectivity index (χ4v) is 2.63. The van der Waals surface area contributed by atoms with Crippen LogP contribution in [0, 0.1) is 0 Å². The number of carbonyl (C=O) groups excluding carboxylic acids is 1. The standard InChI is InChI=1S/C18H23N3O3/c1-3-8-16-15(18(24)20(4-2)12-11-17(22)23)13-19-21(16)14-9-6-5-7-10-14/h5-7,9-10,13H,3-4,8,11-12H2,1-2H3,(H,22,23). The van der Waals surface area contributed by atoms with Crippen LogP contribution >= 0.6 is 0 Å². The Morgan fingerprint density at radius 2 is 1.92 bits per heavy atom. The van der Waals surface area contributed by atoms with Crippen molar-refractivity contribution in [3.63, 3.8) is 0 Å². The molecule has 0 atom stereocenters. The Labute approximate surface area is 141 Å². The zero-order valence-electron chi connectivity index (χ0n) is 14.1. The molecule has 0 radical (unpaired) electrons. The molecule has 24 heavy (non-hydrogen) atoms. The summed E-state index contributed by atoms with van der Waals surface area (Å²) < 4.78 is 1.79. The molecule has 6 nitrogen and oxygen atoms in total. The Morgan fingerprint density at radius 1 is 1.21 bits per heavy atom. The van der Waals surface area contributed by atoms with Gasteiger partial charge in [-0.25, -0.2) is 4.68 Å². The van der Waals surface area contributed by atoms with Crippen LogP contribution in [0.1, 0.15) is 42.7 Å². The number of aromatic nitrogens is 2. The van der Waals surface area contributed by atoms with Crippen LogP contribution in [0.15, 0.2) is 36.5 Å². The normalized spacial score (nSPS) is 10.6. The van der Waals surface area contributed by atoms with Gasteiger partial charge in [-0.1, -0.05) is 31.5 Å². The molecular weight excluding hydrogens is 306 g/mol. The summed E-state index contributed by atoms with van der Waals surface area (Å²) in [6.07, 6.45) is 3.14. The molecule has 6 heteroatoms. The lowest BCUT2D eigenvalue weighted by atomic mass is 10.1. The third kappa shape index (κ3) is 4.01. The minimum atomic E-state index is -0.907. The van der Waals surface area contributed by atoms with Gasteiger partial charge in [0, 0.05) is 13.1 Å². The lowest BCUT2D eigenvalue weighted by molar-refractivity contribution is -0.137. The number of amides is 1. The predicted molar refractivity (Wildman–Crippen MR) is 91.4 cm³/mol. The van der Waals surface area contributed by atoms with Crippen LogP contribution in [-0.2, 0) is 11.2 Å². The molecule has 0 unspecified atom stereocenters. The summed E-state index contributed by atoms with van der Waals surface area (Å²) in [7, 11) is 0. The van der Waals surface area contributed by atoms with Crippen molar-refractivity contribution in [2.24, 2.45) is 0 Å². The van der Waals surface area contributed by atoms with E-state index in [1.165, 1.54) is 0 Å². The summed E-state index contributed by atoms with van der Waals surface area (Å²) in [5.41, 5.74) is 2.32. The molecule has 0 saturated carbocycles. The second-order valence-electron chi connectivity index (χ2n) is 5.53. The Bertz CT molecular complexity index is 695. The van der Waals surface area contributed by atoms with Gasteiger partial charge in [0.2, 0.25) is 0 Å². The highest BCUT2D eigenvalue weighted by Crippen LogP contribution is 2.18. The predicted octanol–water partition coefficient (Wildman–Crippen LogP) is 2.76. The van der Waals surface area contributed by atoms with Crippen molar-refractivity contribution in [2.45, 2.75) is 33.1 Å². The first-order chi connectivity index (χ1) is 11.6. The number of carboxylic acids is 1. The lowest BCUT2D eigenvalue weighted by Gasteiger charge is -2.20. The number of benzene rings is 1. The zero-order valence-corrected chi connectivity index (χ0v) is 14.1. The fraction of sp³-hybridized carbons (Fsp3) is 0.389. The van der Waals surface area contributed by atoms with Gasteiger partial charge in [0.15, 0.2) is 0 Å². The molecule has 0 spiro atoms. The quantitative estimate of drug-likeness (QED) is 0.808. The van der Waals surface area contributed by atoms with E-state index in [9.17, 15) is 9.59 Å². The number of rotatable bonds is 8. The molecule has 0 fully saturated rings. The van der Waals surface area contributed by atoms with Gasteiger partial charge in [0.1, 0.15) is 0 Å². The highest BCUT2D eigenvalue weighted by Gasteiger charge is 2.22. The van der Waals surface area contributed by atoms with E-state index in [2.05, 4.69) is 12.0 Å². The van der Waals surface area contributed by atoms with Crippen LogP contribution in [0.5, 0.6) is 0 Å². The van der Waals surface area contributed by atoms with Gasteiger partial charge < -0.3 is 10.0 Å². The third-order valence-corrected chi connectivity index (χ3v) is 3.85. The average molecular weight is 329 g/mol. The molecule has 0 bridgehead atoms. The Balaban J connectivity index is 2.33. The molecule has 128 valence electrons. The summed E-state index contributed by atoms with van der Waals surface area (Å²) in [6, 6.07) is 9.69. The van der Waals surface area contributed by atoms with Gasteiger partial charge in [-0.05, 0) is 25.5 Å². The van der Waals surface area contributed by atoms with E-state index in [4.69, 9.17) is 5.11 Å². The Hall–Kier alpha value is -2.63. The summed E-state index contributed by atoms with van der Waals surface area (Å²) in [5, 5.41) is 13.2. The Morgan fingerprint density at radius 3 is 2.50 bits per heavy atom. The van der Waals surface area contributed by atoms with Crippen molar-refractivity contribution in [3.8, 4) is 5.69 Å². The summed E-state index contributed by atoms with van der Waals surface area (Å²) >= 11 is 0. The molecule has 2 rings (SSSR count). The van der Waals surface area contributed by atoms with E-state index in [0.717, 1.165) is 24.2 Å². The lowest BCUT2D eigenvalue weighted by Crippen LogP contribution is -2.33.